The molecule has 6 nitrogen and oxygen atoms in total. The first kappa shape index (κ1) is 14.4. The summed E-state index contributed by atoms with van der Waals surface area (Å²) < 4.78 is 4.61. The number of ether oxygens (including phenoxy) is 1. The van der Waals surface area contributed by atoms with Crippen LogP contribution in [0.4, 0.5) is 5.13 Å². The van der Waals surface area contributed by atoms with Gasteiger partial charge in [-0.2, -0.15) is 0 Å². The van der Waals surface area contributed by atoms with E-state index < -0.39 is 5.97 Å². The second kappa shape index (κ2) is 6.34. The molecule has 1 N–H and O–H groups in total. The molecule has 0 aliphatic carbocycles. The van der Waals surface area contributed by atoms with Gasteiger partial charge in [-0.3, -0.25) is 4.79 Å². The fraction of sp³-hybridized carbons (Fsp3) is 0.545. The molecule has 0 aliphatic rings. The molecule has 0 saturated carbocycles. The van der Waals surface area contributed by atoms with Crippen LogP contribution < -0.4 is 5.32 Å². The molecular weight excluding hydrogens is 254 g/mol. The van der Waals surface area contributed by atoms with E-state index in [1.165, 1.54) is 18.4 Å². The molecule has 0 bridgehead atoms. The third-order valence-corrected chi connectivity index (χ3v) is 3.39. The van der Waals surface area contributed by atoms with Crippen molar-refractivity contribution in [2.24, 2.45) is 0 Å². The number of amides is 1. The van der Waals surface area contributed by atoms with Crippen LogP contribution >= 0.6 is 11.3 Å². The number of hydrogen-bond acceptors (Lipinski definition) is 6. The Bertz CT molecular complexity index is 445. The predicted molar refractivity (Wildman–Crippen MR) is 70.0 cm³/mol. The van der Waals surface area contributed by atoms with Crippen LogP contribution in [0.25, 0.3) is 0 Å². The normalized spacial score (nSPS) is 10.0. The van der Waals surface area contributed by atoms with Gasteiger partial charge in [-0.15, -0.1) is 11.3 Å². The molecule has 100 valence electrons. The van der Waals surface area contributed by atoms with Gasteiger partial charge in [0.15, 0.2) is 10.8 Å². The molecule has 1 heterocycles. The van der Waals surface area contributed by atoms with E-state index in [-0.39, 0.29) is 12.5 Å². The summed E-state index contributed by atoms with van der Waals surface area (Å²) in [6.45, 7) is 4.51. The maximum atomic E-state index is 11.6. The minimum Gasteiger partial charge on any atom is -0.464 e. The van der Waals surface area contributed by atoms with E-state index in [1.54, 1.807) is 18.9 Å². The monoisotopic (exact) mass is 271 g/mol. The van der Waals surface area contributed by atoms with E-state index in [2.05, 4.69) is 15.0 Å². The van der Waals surface area contributed by atoms with Crippen LogP contribution in [0.2, 0.25) is 0 Å². The smallest absolute Gasteiger partial charge is 0.357 e. The number of esters is 1. The Kier molecular flexibility index (Phi) is 5.08. The number of methoxy groups -OCH3 is 1. The number of aromatic nitrogens is 1. The van der Waals surface area contributed by atoms with Gasteiger partial charge in [-0.05, 0) is 13.8 Å². The van der Waals surface area contributed by atoms with E-state index >= 15 is 0 Å². The topological polar surface area (TPSA) is 71.5 Å². The average Bonchev–Trinajstić information content (AvgIpc) is 2.75. The van der Waals surface area contributed by atoms with Crippen molar-refractivity contribution in [3.63, 3.8) is 0 Å². The fourth-order valence-electron chi connectivity index (χ4n) is 1.22. The number of carbonyl (C=O) groups excluding carboxylic acids is 2. The first-order valence-electron chi connectivity index (χ1n) is 5.53. The third kappa shape index (κ3) is 3.43. The summed E-state index contributed by atoms with van der Waals surface area (Å²) >= 11 is 1.33. The van der Waals surface area contributed by atoms with E-state index in [9.17, 15) is 9.59 Å². The maximum Gasteiger partial charge on any atom is 0.357 e. The zero-order valence-electron chi connectivity index (χ0n) is 10.9. The number of hydrogen-bond donors (Lipinski definition) is 1. The second-order valence-corrected chi connectivity index (χ2v) is 4.88. The summed E-state index contributed by atoms with van der Waals surface area (Å²) in [7, 11) is 3.05. The lowest BCUT2D eigenvalue weighted by Crippen LogP contribution is -2.31. The Morgan fingerprint density at radius 2 is 2.17 bits per heavy atom. The van der Waals surface area contributed by atoms with Crippen LogP contribution in [0.15, 0.2) is 0 Å². The van der Waals surface area contributed by atoms with Crippen LogP contribution in [0.3, 0.4) is 0 Å². The molecule has 0 fully saturated rings. The standard InChI is InChI=1S/C11H17N3O3S/c1-5-14(3)8(15)6-12-11-13-9(7(2)18-11)10(16)17-4/h5-6H2,1-4H3,(H,12,13). The molecule has 1 aromatic heterocycles. The van der Waals surface area contributed by atoms with Crippen molar-refractivity contribution < 1.29 is 14.3 Å². The molecule has 0 aromatic carbocycles. The van der Waals surface area contributed by atoms with Crippen molar-refractivity contribution in [1.29, 1.82) is 0 Å². The van der Waals surface area contributed by atoms with Crippen LogP contribution in [0.5, 0.6) is 0 Å². The molecule has 0 spiro atoms. The Morgan fingerprint density at radius 1 is 1.50 bits per heavy atom. The zero-order valence-corrected chi connectivity index (χ0v) is 11.8. The molecule has 0 aliphatic heterocycles. The summed E-state index contributed by atoms with van der Waals surface area (Å²) in [5, 5.41) is 3.46. The number of anilines is 1. The van der Waals surface area contributed by atoms with Crippen LogP contribution in [-0.4, -0.2) is 49.0 Å². The Hall–Kier alpha value is -1.63. The maximum absolute atomic E-state index is 11.6. The molecule has 0 unspecified atom stereocenters. The molecule has 0 saturated heterocycles. The molecule has 18 heavy (non-hydrogen) atoms. The number of nitrogens with one attached hydrogen (secondary N) is 1. The average molecular weight is 271 g/mol. The number of thiazole rings is 1. The Balaban J connectivity index is 2.64. The third-order valence-electron chi connectivity index (χ3n) is 2.47. The largest absolute Gasteiger partial charge is 0.464 e. The van der Waals surface area contributed by atoms with Gasteiger partial charge >= 0.3 is 5.97 Å². The van der Waals surface area contributed by atoms with Crippen molar-refractivity contribution in [3.05, 3.63) is 10.6 Å². The minimum absolute atomic E-state index is 0.0232. The highest BCUT2D eigenvalue weighted by molar-refractivity contribution is 7.15. The van der Waals surface area contributed by atoms with Crippen molar-refractivity contribution in [1.82, 2.24) is 9.88 Å². The number of rotatable bonds is 5. The highest BCUT2D eigenvalue weighted by Crippen LogP contribution is 2.22. The van der Waals surface area contributed by atoms with Gasteiger partial charge in [0, 0.05) is 18.5 Å². The molecule has 0 atom stereocenters. The van der Waals surface area contributed by atoms with Crippen molar-refractivity contribution in [2.75, 3.05) is 32.6 Å². The van der Waals surface area contributed by atoms with E-state index in [0.717, 1.165) is 4.88 Å². The predicted octanol–water partition coefficient (Wildman–Crippen LogP) is 1.13. The molecular formula is C11H17N3O3S. The van der Waals surface area contributed by atoms with Crippen molar-refractivity contribution in [3.8, 4) is 0 Å². The van der Waals surface area contributed by atoms with E-state index in [1.807, 2.05) is 6.92 Å². The quantitative estimate of drug-likeness (QED) is 0.813. The first-order valence-corrected chi connectivity index (χ1v) is 6.34. The molecule has 0 radical (unpaired) electrons. The van der Waals surface area contributed by atoms with Crippen molar-refractivity contribution in [2.45, 2.75) is 13.8 Å². The first-order chi connectivity index (χ1) is 8.49. The zero-order chi connectivity index (χ0) is 13.7. The van der Waals surface area contributed by atoms with Gasteiger partial charge < -0.3 is 15.0 Å². The second-order valence-electron chi connectivity index (χ2n) is 3.68. The lowest BCUT2D eigenvalue weighted by molar-refractivity contribution is -0.127. The summed E-state index contributed by atoms with van der Waals surface area (Å²) in [5.41, 5.74) is 0.293. The fourth-order valence-corrected chi connectivity index (χ4v) is 2.02. The number of likely N-dealkylation sites (N-methyl/N-ethyl adjacent to an activating group) is 1. The van der Waals surface area contributed by atoms with Gasteiger partial charge in [0.05, 0.1) is 13.7 Å². The van der Waals surface area contributed by atoms with Crippen LogP contribution in [-0.2, 0) is 9.53 Å². The SMILES string of the molecule is CCN(C)C(=O)CNc1nc(C(=O)OC)c(C)s1. The van der Waals surface area contributed by atoms with Gasteiger partial charge in [-0.25, -0.2) is 9.78 Å². The summed E-state index contributed by atoms with van der Waals surface area (Å²) in [5.74, 6) is -0.487. The minimum atomic E-state index is -0.464. The highest BCUT2D eigenvalue weighted by Gasteiger charge is 2.16. The van der Waals surface area contributed by atoms with E-state index in [4.69, 9.17) is 0 Å². The van der Waals surface area contributed by atoms with Gasteiger partial charge in [0.1, 0.15) is 0 Å². The van der Waals surface area contributed by atoms with Gasteiger partial charge in [0.25, 0.3) is 0 Å². The van der Waals surface area contributed by atoms with Crippen LogP contribution in [0, 0.1) is 6.92 Å². The Morgan fingerprint density at radius 3 is 2.72 bits per heavy atom. The van der Waals surface area contributed by atoms with Gasteiger partial charge in [-0.1, -0.05) is 0 Å². The van der Waals surface area contributed by atoms with E-state index in [0.29, 0.717) is 17.4 Å². The molecule has 1 rings (SSSR count). The summed E-state index contributed by atoms with van der Waals surface area (Å²) in [6, 6.07) is 0. The molecule has 1 aromatic rings. The number of aryl methyl sites for hydroxylation is 1. The van der Waals surface area contributed by atoms with Crippen LogP contribution in [0.1, 0.15) is 22.3 Å². The summed E-state index contributed by atoms with van der Waals surface area (Å²) in [4.78, 5) is 29.4. The lowest BCUT2D eigenvalue weighted by Gasteiger charge is -2.14. The summed E-state index contributed by atoms with van der Waals surface area (Å²) in [6.07, 6.45) is 0. The number of nitrogens with zero attached hydrogens (tertiary/aromatic N) is 2. The molecule has 1 amide bonds. The lowest BCUT2D eigenvalue weighted by atomic mass is 10.4. The Labute approximate surface area is 110 Å². The van der Waals surface area contributed by atoms with Crippen molar-refractivity contribution >= 4 is 28.3 Å². The molecule has 7 heteroatoms. The van der Waals surface area contributed by atoms with Gasteiger partial charge in [0.2, 0.25) is 5.91 Å². The highest BCUT2D eigenvalue weighted by atomic mass is 32.1. The number of carbonyl (C=O) groups is 2.